The number of aromatic amines is 1. The van der Waals surface area contributed by atoms with Gasteiger partial charge in [0.1, 0.15) is 5.71 Å². The molecule has 0 amide bonds. The second-order valence-corrected chi connectivity index (χ2v) is 12.6. The Hall–Kier alpha value is -4.03. The van der Waals surface area contributed by atoms with E-state index in [1.54, 1.807) is 69.3 Å². The van der Waals surface area contributed by atoms with Gasteiger partial charge in [-0.15, -0.1) is 0 Å². The molecule has 0 aliphatic rings. The molecule has 0 bridgehead atoms. The van der Waals surface area contributed by atoms with E-state index in [9.17, 15) is 14.4 Å². The van der Waals surface area contributed by atoms with E-state index in [2.05, 4.69) is 25.3 Å². The number of hydrogen-bond donors (Lipinski definition) is 2. The van der Waals surface area contributed by atoms with Crippen LogP contribution in [0.2, 0.25) is 30.1 Å². The number of ketones is 1. The number of hydrazone groups is 1. The minimum atomic E-state index is -0.378. The summed E-state index contributed by atoms with van der Waals surface area (Å²) in [4.78, 5) is 43.1. The topological polar surface area (TPSA) is 153 Å². The number of hydrogen-bond acceptors (Lipinski definition) is 9. The lowest BCUT2D eigenvalue weighted by atomic mass is 9.97. The Morgan fingerprint density at radius 2 is 1.38 bits per heavy atom. The van der Waals surface area contributed by atoms with E-state index >= 15 is 0 Å². The minimum absolute atomic E-state index is 0.0733. The van der Waals surface area contributed by atoms with Crippen LogP contribution in [0.1, 0.15) is 35.6 Å². The Morgan fingerprint density at radius 1 is 0.820 bits per heavy atom. The van der Waals surface area contributed by atoms with E-state index in [4.69, 9.17) is 80.2 Å². The van der Waals surface area contributed by atoms with Gasteiger partial charge in [-0.2, -0.15) is 10.2 Å². The summed E-state index contributed by atoms with van der Waals surface area (Å²) >= 11 is 35.2. The van der Waals surface area contributed by atoms with Crippen molar-refractivity contribution in [1.82, 2.24) is 20.2 Å². The number of pyridine rings is 2. The van der Waals surface area contributed by atoms with Crippen LogP contribution in [0.5, 0.6) is 0 Å². The highest BCUT2D eigenvalue weighted by molar-refractivity contribution is 6.45. The lowest BCUT2D eigenvalue weighted by Crippen LogP contribution is -2.15. The summed E-state index contributed by atoms with van der Waals surface area (Å²) in [5.74, 6) is 4.46. The molecule has 2 aromatic carbocycles. The molecular formula is C34H28Cl6N6O4. The van der Waals surface area contributed by atoms with Gasteiger partial charge >= 0.3 is 5.97 Å². The fourth-order valence-electron chi connectivity index (χ4n) is 4.13. The van der Waals surface area contributed by atoms with Gasteiger partial charge in [0.25, 0.3) is 5.56 Å². The second kappa shape index (κ2) is 19.4. The van der Waals surface area contributed by atoms with E-state index in [-0.39, 0.29) is 29.4 Å². The maximum absolute atomic E-state index is 12.4. The number of nitrogens with two attached hydrogens (primary N) is 1. The summed E-state index contributed by atoms with van der Waals surface area (Å²) < 4.78 is 4.76. The van der Waals surface area contributed by atoms with Crippen LogP contribution >= 0.6 is 69.6 Å². The molecule has 5 aromatic rings. The second-order valence-electron chi connectivity index (χ2n) is 9.99. The monoisotopic (exact) mass is 794 g/mol. The smallest absolute Gasteiger partial charge is 0.311 e. The third kappa shape index (κ3) is 11.5. The first kappa shape index (κ1) is 40.4. The van der Waals surface area contributed by atoms with E-state index in [1.165, 1.54) is 12.4 Å². The SMILES string of the molecule is C/C(=N/N)C(=O)c1ccc(Cl)cc1.CCOC(=O)Cc1ncc(Cl)cc1Cl.Cc1n[nH]c(=O)c(-c2ncc(Cl)cc2Cl)c1-c1ccc(Cl)cc1. The Morgan fingerprint density at radius 3 is 1.92 bits per heavy atom. The molecule has 260 valence electrons. The molecule has 0 aliphatic heterocycles. The van der Waals surface area contributed by atoms with Gasteiger partial charge in [0, 0.05) is 33.6 Å². The van der Waals surface area contributed by atoms with Gasteiger partial charge in [0.15, 0.2) is 0 Å². The molecule has 0 radical (unpaired) electrons. The highest BCUT2D eigenvalue weighted by Crippen LogP contribution is 2.34. The number of esters is 1. The minimum Gasteiger partial charge on any atom is -0.466 e. The van der Waals surface area contributed by atoms with Crippen LogP contribution in [0.25, 0.3) is 22.4 Å². The highest BCUT2D eigenvalue weighted by atomic mass is 35.5. The van der Waals surface area contributed by atoms with Gasteiger partial charge in [0.2, 0.25) is 5.78 Å². The van der Waals surface area contributed by atoms with Crippen LogP contribution in [0, 0.1) is 6.92 Å². The Balaban J connectivity index is 0.000000217. The van der Waals surface area contributed by atoms with Crippen molar-refractivity contribution in [1.29, 1.82) is 0 Å². The standard InChI is InChI=1S/C16H10Cl3N3O.C9H9Cl2NO2.C9H9ClN2O/c1-8-13(9-2-4-10(17)5-3-9)14(16(23)22-21-8)15-12(19)6-11(18)7-20-15;1-2-14-9(13)4-8-7(11)3-6(10)5-12-8;1-6(12-11)9(13)7-2-4-8(10)5-3-7/h2-7H,1H3,(H,22,23);3,5H,2,4H2,1H3;2-5H,11H2,1H3/b;;12-6-. The van der Waals surface area contributed by atoms with E-state index in [0.717, 1.165) is 5.56 Å². The van der Waals surface area contributed by atoms with Gasteiger partial charge in [-0.1, -0.05) is 81.7 Å². The van der Waals surface area contributed by atoms with Crippen molar-refractivity contribution >= 4 is 87.1 Å². The molecule has 3 aromatic heterocycles. The number of benzene rings is 2. The molecule has 3 heterocycles. The average Bonchev–Trinajstić information content (AvgIpc) is 3.08. The lowest BCUT2D eigenvalue weighted by Gasteiger charge is -2.12. The molecule has 0 saturated carbocycles. The highest BCUT2D eigenvalue weighted by Gasteiger charge is 2.19. The number of aryl methyl sites for hydroxylation is 1. The molecular weight excluding hydrogens is 769 g/mol. The van der Waals surface area contributed by atoms with E-state index in [1.807, 2.05) is 12.1 Å². The molecule has 0 unspecified atom stereocenters. The first-order valence-corrected chi connectivity index (χ1v) is 16.7. The van der Waals surface area contributed by atoms with Crippen molar-refractivity contribution in [3.05, 3.63) is 130 Å². The zero-order valence-electron chi connectivity index (χ0n) is 26.6. The summed E-state index contributed by atoms with van der Waals surface area (Å²) in [6, 6.07) is 16.8. The molecule has 0 aliphatic carbocycles. The molecule has 5 rings (SSSR count). The van der Waals surface area contributed by atoms with Crippen molar-refractivity contribution in [2.75, 3.05) is 6.61 Å². The summed E-state index contributed by atoms with van der Waals surface area (Å²) in [6.45, 7) is 5.46. The summed E-state index contributed by atoms with van der Waals surface area (Å²) in [5, 5.41) is 12.6. The van der Waals surface area contributed by atoms with Crippen LogP contribution in [0.15, 0.2) is 83.0 Å². The van der Waals surface area contributed by atoms with Crippen LogP contribution in [0.3, 0.4) is 0 Å². The van der Waals surface area contributed by atoms with Crippen molar-refractivity contribution in [2.45, 2.75) is 27.2 Å². The predicted octanol–water partition coefficient (Wildman–Crippen LogP) is 9.12. The number of rotatable bonds is 7. The molecule has 16 heteroatoms. The quantitative estimate of drug-likeness (QED) is 0.0544. The van der Waals surface area contributed by atoms with Gasteiger partial charge < -0.3 is 10.6 Å². The molecule has 0 spiro atoms. The lowest BCUT2D eigenvalue weighted by molar-refractivity contribution is -0.142. The predicted molar refractivity (Wildman–Crippen MR) is 201 cm³/mol. The first-order chi connectivity index (χ1) is 23.7. The fraction of sp³-hybridized carbons (Fsp3) is 0.147. The maximum atomic E-state index is 12.4. The van der Waals surface area contributed by atoms with Crippen LogP contribution in [-0.4, -0.2) is 44.2 Å². The number of carbonyl (C=O) groups is 2. The van der Waals surface area contributed by atoms with Crippen molar-refractivity contribution in [3.63, 3.8) is 0 Å². The number of nitrogens with zero attached hydrogens (tertiary/aromatic N) is 4. The van der Waals surface area contributed by atoms with Crippen LogP contribution in [0.4, 0.5) is 0 Å². The normalized spacial score (nSPS) is 10.7. The third-order valence-electron chi connectivity index (χ3n) is 6.47. The zero-order chi connectivity index (χ0) is 37.0. The molecule has 0 saturated heterocycles. The number of ether oxygens (including phenoxy) is 1. The maximum Gasteiger partial charge on any atom is 0.311 e. The van der Waals surface area contributed by atoms with Gasteiger partial charge in [-0.3, -0.25) is 24.4 Å². The summed E-state index contributed by atoms with van der Waals surface area (Å²) in [6.07, 6.45) is 2.97. The van der Waals surface area contributed by atoms with Gasteiger partial charge in [-0.25, -0.2) is 5.10 Å². The van der Waals surface area contributed by atoms with Crippen molar-refractivity contribution in [3.8, 4) is 22.4 Å². The third-order valence-corrected chi connectivity index (χ3v) is 8.00. The van der Waals surface area contributed by atoms with Gasteiger partial charge in [0.05, 0.1) is 55.8 Å². The molecule has 3 N–H and O–H groups in total. The largest absolute Gasteiger partial charge is 0.466 e. The number of halogens is 6. The number of nitrogens with one attached hydrogen (secondary N) is 1. The van der Waals surface area contributed by atoms with E-state index < -0.39 is 0 Å². The van der Waals surface area contributed by atoms with Crippen LogP contribution < -0.4 is 11.4 Å². The summed E-state index contributed by atoms with van der Waals surface area (Å²) in [7, 11) is 0. The first-order valence-electron chi connectivity index (χ1n) is 14.4. The average molecular weight is 797 g/mol. The Labute approximate surface area is 317 Å². The van der Waals surface area contributed by atoms with Crippen LogP contribution in [-0.2, 0) is 16.0 Å². The van der Waals surface area contributed by atoms with Crippen molar-refractivity contribution < 1.29 is 14.3 Å². The van der Waals surface area contributed by atoms with Gasteiger partial charge in [-0.05, 0) is 74.9 Å². The fourth-order valence-corrected chi connectivity index (χ4v) is 5.30. The van der Waals surface area contributed by atoms with E-state index in [0.29, 0.717) is 70.5 Å². The zero-order valence-corrected chi connectivity index (χ0v) is 31.1. The number of Topliss-reactive ketones (excluding diaryl/α,β-unsaturated/α-hetero) is 1. The Kier molecular flexibility index (Phi) is 15.7. The summed E-state index contributed by atoms with van der Waals surface area (Å²) in [5.41, 5.74) is 3.73. The molecule has 10 nitrogen and oxygen atoms in total. The number of aromatic nitrogens is 4. The number of carbonyl (C=O) groups excluding carboxylic acids is 2. The van der Waals surface area contributed by atoms with Crippen molar-refractivity contribution in [2.24, 2.45) is 10.9 Å². The molecule has 0 atom stereocenters. The molecule has 0 fully saturated rings. The Bertz CT molecular complexity index is 2060. The molecule has 50 heavy (non-hydrogen) atoms. The number of H-pyrrole nitrogens is 1.